The molecule has 1 N–H and O–H groups in total. The zero-order chi connectivity index (χ0) is 20.1. The first-order chi connectivity index (χ1) is 13.4. The van der Waals surface area contributed by atoms with Crippen molar-refractivity contribution in [3.05, 3.63) is 65.8 Å². The van der Waals surface area contributed by atoms with Gasteiger partial charge in [-0.3, -0.25) is 4.79 Å². The number of nitrogens with one attached hydrogen (secondary N) is 1. The Hall–Kier alpha value is -3.22. The van der Waals surface area contributed by atoms with E-state index in [-0.39, 0.29) is 30.2 Å². The molecule has 0 aliphatic heterocycles. The van der Waals surface area contributed by atoms with Crippen LogP contribution in [0.1, 0.15) is 48.7 Å². The van der Waals surface area contributed by atoms with Gasteiger partial charge in [0.25, 0.3) is 5.91 Å². The van der Waals surface area contributed by atoms with Crippen molar-refractivity contribution in [1.82, 2.24) is 10.3 Å². The Kier molecular flexibility index (Phi) is 5.73. The van der Waals surface area contributed by atoms with E-state index >= 15 is 0 Å². The summed E-state index contributed by atoms with van der Waals surface area (Å²) < 4.78 is 22.2. The highest BCUT2D eigenvalue weighted by Gasteiger charge is 2.20. The van der Waals surface area contributed by atoms with Gasteiger partial charge in [-0.1, -0.05) is 32.9 Å². The maximum absolute atomic E-state index is 12.3. The number of ether oxygens (including phenoxy) is 2. The van der Waals surface area contributed by atoms with E-state index in [0.29, 0.717) is 23.1 Å². The number of hydrogen-bond acceptors (Lipinski definition) is 6. The summed E-state index contributed by atoms with van der Waals surface area (Å²) in [5.41, 5.74) is -0.132. The minimum atomic E-state index is -0.348. The lowest BCUT2D eigenvalue weighted by Gasteiger charge is -2.13. The van der Waals surface area contributed by atoms with E-state index in [1.165, 1.54) is 0 Å². The summed E-state index contributed by atoms with van der Waals surface area (Å²) in [7, 11) is 1.58. The first kappa shape index (κ1) is 19.5. The lowest BCUT2D eigenvalue weighted by molar-refractivity contribution is 0.0915. The molecule has 0 aliphatic rings. The van der Waals surface area contributed by atoms with Crippen LogP contribution in [0.3, 0.4) is 0 Å². The van der Waals surface area contributed by atoms with Crippen LogP contribution in [0, 0.1) is 0 Å². The number of furan rings is 1. The average Bonchev–Trinajstić information content (AvgIpc) is 3.34. The Morgan fingerprint density at radius 2 is 1.86 bits per heavy atom. The van der Waals surface area contributed by atoms with Crippen LogP contribution in [-0.2, 0) is 18.6 Å². The van der Waals surface area contributed by atoms with E-state index in [9.17, 15) is 4.79 Å². The predicted octanol–water partition coefficient (Wildman–Crippen LogP) is 4.08. The van der Waals surface area contributed by atoms with Crippen LogP contribution in [0.5, 0.6) is 11.5 Å². The van der Waals surface area contributed by atoms with Crippen LogP contribution in [0.4, 0.5) is 0 Å². The third-order valence-corrected chi connectivity index (χ3v) is 4.02. The van der Waals surface area contributed by atoms with Crippen LogP contribution < -0.4 is 14.8 Å². The fraction of sp³-hybridized carbons (Fsp3) is 0.333. The molecular formula is C21H24N2O5. The van der Waals surface area contributed by atoms with Crippen molar-refractivity contribution >= 4 is 5.91 Å². The molecule has 148 valence electrons. The van der Waals surface area contributed by atoms with E-state index in [1.807, 2.05) is 39.0 Å². The number of aromatic nitrogens is 1. The summed E-state index contributed by atoms with van der Waals surface area (Å²) in [6.07, 6.45) is 1.68. The Bertz CT molecular complexity index is 936. The van der Waals surface area contributed by atoms with Gasteiger partial charge in [0, 0.05) is 5.41 Å². The molecule has 0 bridgehead atoms. The third-order valence-electron chi connectivity index (χ3n) is 4.02. The normalized spacial score (nSPS) is 11.3. The van der Waals surface area contributed by atoms with Crippen molar-refractivity contribution in [2.45, 2.75) is 39.3 Å². The first-order valence-electron chi connectivity index (χ1n) is 8.94. The van der Waals surface area contributed by atoms with Crippen LogP contribution >= 0.6 is 0 Å². The van der Waals surface area contributed by atoms with Gasteiger partial charge >= 0.3 is 0 Å². The number of hydrogen-bond donors (Lipinski definition) is 1. The van der Waals surface area contributed by atoms with Gasteiger partial charge in [-0.15, -0.1) is 0 Å². The Morgan fingerprint density at radius 1 is 1.11 bits per heavy atom. The van der Waals surface area contributed by atoms with Crippen LogP contribution in [-0.4, -0.2) is 18.0 Å². The molecule has 0 spiro atoms. The van der Waals surface area contributed by atoms with Crippen LogP contribution in [0.25, 0.3) is 0 Å². The molecule has 0 radical (unpaired) electrons. The highest BCUT2D eigenvalue weighted by molar-refractivity contribution is 5.91. The van der Waals surface area contributed by atoms with Crippen molar-refractivity contribution in [3.63, 3.8) is 0 Å². The molecule has 0 saturated heterocycles. The minimum absolute atomic E-state index is 0.132. The smallest absolute Gasteiger partial charge is 0.287 e. The van der Waals surface area contributed by atoms with Crippen molar-refractivity contribution in [2.24, 2.45) is 0 Å². The van der Waals surface area contributed by atoms with E-state index < -0.39 is 0 Å². The number of oxazole rings is 1. The Morgan fingerprint density at radius 3 is 2.54 bits per heavy atom. The number of nitrogens with zero attached hydrogens (tertiary/aromatic N) is 1. The minimum Gasteiger partial charge on any atom is -0.493 e. The highest BCUT2D eigenvalue weighted by Crippen LogP contribution is 2.27. The number of carbonyl (C=O) groups excluding carboxylic acids is 1. The maximum atomic E-state index is 12.3. The summed E-state index contributed by atoms with van der Waals surface area (Å²) in [6.45, 7) is 6.47. The first-order valence-corrected chi connectivity index (χ1v) is 8.94. The summed E-state index contributed by atoms with van der Waals surface area (Å²) in [5.74, 6) is 2.83. The molecule has 3 aromatic rings. The number of methoxy groups -OCH3 is 1. The van der Waals surface area contributed by atoms with Crippen molar-refractivity contribution in [3.8, 4) is 11.5 Å². The standard InChI is InChI=1S/C21H24N2O5/c1-21(2,3)18-11-22-19(28-18)12-23-20(24)17-10-9-14(27-17)13-26-16-8-6-5-7-15(16)25-4/h5-11H,12-13H2,1-4H3,(H,23,24). The molecule has 0 atom stereocenters. The molecule has 1 amide bonds. The van der Waals surface area contributed by atoms with E-state index in [0.717, 1.165) is 5.76 Å². The number of rotatable bonds is 7. The SMILES string of the molecule is COc1ccccc1OCc1ccc(C(=O)NCc2ncc(C(C)(C)C)o2)o1. The number of para-hydroxylation sites is 2. The molecule has 3 rings (SSSR count). The second-order valence-corrected chi connectivity index (χ2v) is 7.26. The van der Waals surface area contributed by atoms with E-state index in [2.05, 4.69) is 10.3 Å². The molecule has 7 heteroatoms. The third kappa shape index (κ3) is 4.73. The Balaban J connectivity index is 1.54. The summed E-state index contributed by atoms with van der Waals surface area (Å²) >= 11 is 0. The van der Waals surface area contributed by atoms with Gasteiger partial charge in [0.05, 0.1) is 19.9 Å². The van der Waals surface area contributed by atoms with Crippen molar-refractivity contribution in [1.29, 1.82) is 0 Å². The topological polar surface area (TPSA) is 86.7 Å². The molecule has 0 unspecified atom stereocenters. The lowest BCUT2D eigenvalue weighted by atomic mass is 9.94. The molecule has 0 saturated carbocycles. The monoisotopic (exact) mass is 384 g/mol. The second kappa shape index (κ2) is 8.21. The van der Waals surface area contributed by atoms with Crippen LogP contribution in [0.2, 0.25) is 0 Å². The molecule has 2 heterocycles. The summed E-state index contributed by atoms with van der Waals surface area (Å²) in [6, 6.07) is 10.6. The van der Waals surface area contributed by atoms with Gasteiger partial charge in [0.15, 0.2) is 17.3 Å². The van der Waals surface area contributed by atoms with Crippen molar-refractivity contribution in [2.75, 3.05) is 7.11 Å². The average molecular weight is 384 g/mol. The zero-order valence-electron chi connectivity index (χ0n) is 16.4. The number of benzene rings is 1. The van der Waals surface area contributed by atoms with E-state index in [4.69, 9.17) is 18.3 Å². The molecule has 28 heavy (non-hydrogen) atoms. The summed E-state index contributed by atoms with van der Waals surface area (Å²) in [4.78, 5) is 16.5. The predicted molar refractivity (Wildman–Crippen MR) is 102 cm³/mol. The van der Waals surface area contributed by atoms with E-state index in [1.54, 1.807) is 31.5 Å². The molecule has 0 aliphatic carbocycles. The number of amides is 1. The fourth-order valence-corrected chi connectivity index (χ4v) is 2.45. The Labute approximate surface area is 163 Å². The largest absolute Gasteiger partial charge is 0.493 e. The maximum Gasteiger partial charge on any atom is 0.287 e. The van der Waals surface area contributed by atoms with Gasteiger partial charge in [-0.05, 0) is 24.3 Å². The molecule has 1 aromatic carbocycles. The molecule has 2 aromatic heterocycles. The molecule has 0 fully saturated rings. The van der Waals surface area contributed by atoms with Crippen LogP contribution in [0.15, 0.2) is 51.4 Å². The zero-order valence-corrected chi connectivity index (χ0v) is 16.4. The highest BCUT2D eigenvalue weighted by atomic mass is 16.5. The number of carbonyl (C=O) groups is 1. The van der Waals surface area contributed by atoms with Crippen molar-refractivity contribution < 1.29 is 23.1 Å². The fourth-order valence-electron chi connectivity index (χ4n) is 2.45. The summed E-state index contributed by atoms with van der Waals surface area (Å²) in [5, 5.41) is 2.74. The van der Waals surface area contributed by atoms with Gasteiger partial charge in [-0.25, -0.2) is 4.98 Å². The van der Waals surface area contributed by atoms with Gasteiger partial charge in [-0.2, -0.15) is 0 Å². The molecular weight excluding hydrogens is 360 g/mol. The van der Waals surface area contributed by atoms with Gasteiger partial charge in [0.2, 0.25) is 5.89 Å². The quantitative estimate of drug-likeness (QED) is 0.660. The lowest BCUT2D eigenvalue weighted by Crippen LogP contribution is -2.22. The van der Waals surface area contributed by atoms with Gasteiger partial charge in [0.1, 0.15) is 18.1 Å². The van der Waals surface area contributed by atoms with Gasteiger partial charge < -0.3 is 23.6 Å². The second-order valence-electron chi connectivity index (χ2n) is 7.26. The molecule has 7 nitrogen and oxygen atoms in total.